The molecule has 0 spiro atoms. The quantitative estimate of drug-likeness (QED) is 0.670. The van der Waals surface area contributed by atoms with Gasteiger partial charge in [-0.1, -0.05) is 17.7 Å². The van der Waals surface area contributed by atoms with Gasteiger partial charge < -0.3 is 11.5 Å². The average Bonchev–Trinajstić information content (AvgIpc) is 2.14. The SMILES string of the molecule is NC(=O)CN(CC(N)=O)Cc1cccc(Cl)n1. The summed E-state index contributed by atoms with van der Waals surface area (Å²) in [4.78, 5) is 27.2. The molecule has 1 heterocycles. The van der Waals surface area contributed by atoms with Crippen molar-refractivity contribution in [1.82, 2.24) is 9.88 Å². The van der Waals surface area contributed by atoms with Crippen LogP contribution in [0.25, 0.3) is 0 Å². The van der Waals surface area contributed by atoms with E-state index in [4.69, 9.17) is 23.1 Å². The maximum atomic E-state index is 10.8. The zero-order valence-electron chi connectivity index (χ0n) is 9.10. The molecule has 92 valence electrons. The van der Waals surface area contributed by atoms with Crippen LogP contribution in [0.15, 0.2) is 18.2 Å². The summed E-state index contributed by atoms with van der Waals surface area (Å²) in [6.07, 6.45) is 0. The van der Waals surface area contributed by atoms with Gasteiger partial charge in [-0.25, -0.2) is 4.98 Å². The van der Waals surface area contributed by atoms with Crippen molar-refractivity contribution in [1.29, 1.82) is 0 Å². The van der Waals surface area contributed by atoms with E-state index in [2.05, 4.69) is 4.98 Å². The van der Waals surface area contributed by atoms with Crippen molar-refractivity contribution < 1.29 is 9.59 Å². The Kier molecular flexibility index (Phi) is 4.86. The Hall–Kier alpha value is -1.66. The molecule has 0 aliphatic heterocycles. The van der Waals surface area contributed by atoms with Gasteiger partial charge in [-0.05, 0) is 12.1 Å². The number of nitrogens with zero attached hydrogens (tertiary/aromatic N) is 2. The fourth-order valence-electron chi connectivity index (χ4n) is 1.38. The van der Waals surface area contributed by atoms with Crippen molar-refractivity contribution in [3.05, 3.63) is 29.0 Å². The highest BCUT2D eigenvalue weighted by Crippen LogP contribution is 2.07. The summed E-state index contributed by atoms with van der Waals surface area (Å²) in [6, 6.07) is 5.11. The number of pyridine rings is 1. The number of hydrogen-bond acceptors (Lipinski definition) is 4. The first kappa shape index (κ1) is 13.4. The topological polar surface area (TPSA) is 102 Å². The first-order valence-electron chi connectivity index (χ1n) is 4.88. The molecule has 0 saturated carbocycles. The summed E-state index contributed by atoms with van der Waals surface area (Å²) < 4.78 is 0. The summed E-state index contributed by atoms with van der Waals surface area (Å²) in [5.74, 6) is -1.07. The van der Waals surface area contributed by atoms with Gasteiger partial charge in [-0.3, -0.25) is 14.5 Å². The van der Waals surface area contributed by atoms with Crippen LogP contribution >= 0.6 is 11.6 Å². The standard InChI is InChI=1S/C10H13ClN4O2/c11-8-3-1-2-7(14-8)4-15(5-9(12)16)6-10(13)17/h1-3H,4-6H2,(H2,12,16)(H2,13,17). The molecule has 0 bridgehead atoms. The minimum atomic E-state index is -0.534. The highest BCUT2D eigenvalue weighted by atomic mass is 35.5. The molecule has 4 N–H and O–H groups in total. The third-order valence-corrected chi connectivity index (χ3v) is 2.13. The summed E-state index contributed by atoms with van der Waals surface area (Å²) in [5, 5.41) is 0.348. The number of nitrogens with two attached hydrogens (primary N) is 2. The normalized spacial score (nSPS) is 10.5. The van der Waals surface area contributed by atoms with Gasteiger partial charge in [-0.2, -0.15) is 0 Å². The Morgan fingerprint density at radius 1 is 1.24 bits per heavy atom. The number of hydrogen-bond donors (Lipinski definition) is 2. The van der Waals surface area contributed by atoms with E-state index in [0.717, 1.165) is 0 Å². The second-order valence-corrected chi connectivity index (χ2v) is 3.92. The van der Waals surface area contributed by atoms with Crippen LogP contribution in [-0.2, 0) is 16.1 Å². The molecular formula is C10H13ClN4O2. The van der Waals surface area contributed by atoms with Gasteiger partial charge in [0.1, 0.15) is 5.15 Å². The molecule has 0 aromatic carbocycles. The molecule has 0 aliphatic carbocycles. The lowest BCUT2D eigenvalue weighted by Gasteiger charge is -2.18. The molecule has 2 amide bonds. The van der Waals surface area contributed by atoms with E-state index in [1.54, 1.807) is 18.2 Å². The van der Waals surface area contributed by atoms with Crippen molar-refractivity contribution >= 4 is 23.4 Å². The summed E-state index contributed by atoms with van der Waals surface area (Å²) in [6.45, 7) is 0.167. The zero-order valence-corrected chi connectivity index (χ0v) is 9.85. The molecule has 0 fully saturated rings. The number of aromatic nitrogens is 1. The number of carbonyl (C=O) groups is 2. The maximum absolute atomic E-state index is 10.8. The van der Waals surface area contributed by atoms with E-state index in [-0.39, 0.29) is 19.6 Å². The third-order valence-electron chi connectivity index (χ3n) is 1.92. The van der Waals surface area contributed by atoms with E-state index in [9.17, 15) is 9.59 Å². The van der Waals surface area contributed by atoms with Gasteiger partial charge in [-0.15, -0.1) is 0 Å². The lowest BCUT2D eigenvalue weighted by molar-refractivity contribution is -0.122. The smallest absolute Gasteiger partial charge is 0.231 e. The fraction of sp³-hybridized carbons (Fsp3) is 0.300. The minimum Gasteiger partial charge on any atom is -0.369 e. The first-order chi connectivity index (χ1) is 7.97. The lowest BCUT2D eigenvalue weighted by atomic mass is 10.3. The Balaban J connectivity index is 2.71. The molecule has 0 aliphatic rings. The van der Waals surface area contributed by atoms with Crippen molar-refractivity contribution in [3.8, 4) is 0 Å². The van der Waals surface area contributed by atoms with Crippen molar-refractivity contribution in [2.75, 3.05) is 13.1 Å². The predicted octanol–water partition coefficient (Wildman–Crippen LogP) is -0.492. The molecule has 17 heavy (non-hydrogen) atoms. The first-order valence-corrected chi connectivity index (χ1v) is 5.25. The van der Waals surface area contributed by atoms with Crippen LogP contribution in [0.1, 0.15) is 5.69 Å². The van der Waals surface area contributed by atoms with Crippen LogP contribution in [0, 0.1) is 0 Å². The predicted molar refractivity (Wildman–Crippen MR) is 62.9 cm³/mol. The lowest BCUT2D eigenvalue weighted by Crippen LogP contribution is -2.39. The molecule has 1 rings (SSSR count). The molecule has 1 aromatic rings. The molecule has 0 radical (unpaired) electrons. The maximum Gasteiger partial charge on any atom is 0.231 e. The van der Waals surface area contributed by atoms with E-state index >= 15 is 0 Å². The second kappa shape index (κ2) is 6.17. The number of halogens is 1. The van der Waals surface area contributed by atoms with E-state index in [1.165, 1.54) is 4.90 Å². The Labute approximate surface area is 104 Å². The van der Waals surface area contributed by atoms with Crippen molar-refractivity contribution in [2.45, 2.75) is 6.54 Å². The van der Waals surface area contributed by atoms with Gasteiger partial charge in [0, 0.05) is 6.54 Å². The van der Waals surface area contributed by atoms with Crippen molar-refractivity contribution in [3.63, 3.8) is 0 Å². The number of amides is 2. The molecule has 7 heteroatoms. The molecular weight excluding hydrogens is 244 g/mol. The molecule has 0 atom stereocenters. The molecule has 6 nitrogen and oxygen atoms in total. The monoisotopic (exact) mass is 256 g/mol. The molecule has 0 saturated heterocycles. The highest BCUT2D eigenvalue weighted by molar-refractivity contribution is 6.29. The van der Waals surface area contributed by atoms with Crippen LogP contribution < -0.4 is 11.5 Å². The number of rotatable bonds is 6. The van der Waals surface area contributed by atoms with Gasteiger partial charge >= 0.3 is 0 Å². The van der Waals surface area contributed by atoms with E-state index < -0.39 is 11.8 Å². The largest absolute Gasteiger partial charge is 0.369 e. The number of primary amides is 2. The van der Waals surface area contributed by atoms with Crippen molar-refractivity contribution in [2.24, 2.45) is 11.5 Å². The second-order valence-electron chi connectivity index (χ2n) is 3.53. The van der Waals surface area contributed by atoms with Crippen LogP contribution in [0.2, 0.25) is 5.15 Å². The zero-order chi connectivity index (χ0) is 12.8. The van der Waals surface area contributed by atoms with Gasteiger partial charge in [0.15, 0.2) is 0 Å². The van der Waals surface area contributed by atoms with Crippen LogP contribution in [0.4, 0.5) is 0 Å². The van der Waals surface area contributed by atoms with Gasteiger partial charge in [0.2, 0.25) is 11.8 Å². The summed E-state index contributed by atoms with van der Waals surface area (Å²) in [7, 11) is 0. The van der Waals surface area contributed by atoms with Gasteiger partial charge in [0.05, 0.1) is 18.8 Å². The van der Waals surface area contributed by atoms with E-state index in [1.807, 2.05) is 0 Å². The number of carbonyl (C=O) groups excluding carboxylic acids is 2. The van der Waals surface area contributed by atoms with Crippen LogP contribution in [0.5, 0.6) is 0 Å². The van der Waals surface area contributed by atoms with Crippen LogP contribution in [0.3, 0.4) is 0 Å². The Morgan fingerprint density at radius 3 is 2.29 bits per heavy atom. The summed E-state index contributed by atoms with van der Waals surface area (Å²) >= 11 is 5.73. The minimum absolute atomic E-state index is 0.0584. The molecule has 0 unspecified atom stereocenters. The van der Waals surface area contributed by atoms with Gasteiger partial charge in [0.25, 0.3) is 0 Å². The van der Waals surface area contributed by atoms with Crippen LogP contribution in [-0.4, -0.2) is 34.8 Å². The Morgan fingerprint density at radius 2 is 1.82 bits per heavy atom. The summed E-state index contributed by atoms with van der Waals surface area (Å²) in [5.41, 5.74) is 10.8. The molecule has 1 aromatic heterocycles. The fourth-order valence-corrected chi connectivity index (χ4v) is 1.56. The third kappa shape index (κ3) is 5.28. The average molecular weight is 257 g/mol. The Bertz CT molecular complexity index is 409. The van der Waals surface area contributed by atoms with E-state index in [0.29, 0.717) is 10.8 Å². The highest BCUT2D eigenvalue weighted by Gasteiger charge is 2.12.